The normalized spacial score (nSPS) is 12.5. The van der Waals surface area contributed by atoms with Crippen LogP contribution in [0.2, 0.25) is 0 Å². The summed E-state index contributed by atoms with van der Waals surface area (Å²) in [6, 6.07) is 18.4. The zero-order valence-electron chi connectivity index (χ0n) is 12.4. The van der Waals surface area contributed by atoms with Crippen LogP contribution < -0.4 is 4.90 Å². The third kappa shape index (κ3) is 2.93. The summed E-state index contributed by atoms with van der Waals surface area (Å²) in [5, 5.41) is 12.3. The van der Waals surface area contributed by atoms with E-state index in [4.69, 9.17) is 0 Å². The first kappa shape index (κ1) is 14.9. The molecule has 2 aromatic carbocycles. The maximum Gasteiger partial charge on any atom is 0.218 e. The van der Waals surface area contributed by atoms with Gasteiger partial charge in [0, 0.05) is 10.0 Å². The number of quaternary nitrogens is 1. The van der Waals surface area contributed by atoms with Crippen molar-refractivity contribution in [3.8, 4) is 5.69 Å². The van der Waals surface area contributed by atoms with Crippen molar-refractivity contribution in [1.29, 1.82) is 0 Å². The van der Waals surface area contributed by atoms with Crippen molar-refractivity contribution in [2.75, 3.05) is 14.1 Å². The molecule has 0 saturated heterocycles. The minimum Gasteiger partial charge on any atom is -0.327 e. The second-order valence-electron chi connectivity index (χ2n) is 5.35. The molecule has 0 radical (unpaired) electrons. The van der Waals surface area contributed by atoms with Crippen molar-refractivity contribution in [3.63, 3.8) is 0 Å². The molecule has 1 aromatic heterocycles. The summed E-state index contributed by atoms with van der Waals surface area (Å²) in [4.78, 5) is 1.25. The van der Waals surface area contributed by atoms with Crippen LogP contribution >= 0.6 is 15.9 Å². The van der Waals surface area contributed by atoms with Gasteiger partial charge in [-0.05, 0) is 34.7 Å². The summed E-state index contributed by atoms with van der Waals surface area (Å²) in [7, 11) is 4.22. The van der Waals surface area contributed by atoms with Crippen LogP contribution in [0.4, 0.5) is 0 Å². The molecule has 0 bridgehead atoms. The lowest BCUT2D eigenvalue weighted by molar-refractivity contribution is -0.886. The lowest BCUT2D eigenvalue weighted by atomic mass is 10.1. The highest BCUT2D eigenvalue weighted by molar-refractivity contribution is 9.10. The fourth-order valence-corrected chi connectivity index (χ4v) is 2.79. The summed E-state index contributed by atoms with van der Waals surface area (Å²) in [5.41, 5.74) is 2.14. The third-order valence-electron chi connectivity index (χ3n) is 3.53. The summed E-state index contributed by atoms with van der Waals surface area (Å²) >= 11 is 3.45. The number of nitrogens with zero attached hydrogens (tertiary/aromatic N) is 4. The van der Waals surface area contributed by atoms with Gasteiger partial charge in [-0.15, -0.1) is 5.10 Å². The van der Waals surface area contributed by atoms with Gasteiger partial charge in [0.2, 0.25) is 5.82 Å². The van der Waals surface area contributed by atoms with Crippen molar-refractivity contribution in [2.24, 2.45) is 0 Å². The van der Waals surface area contributed by atoms with E-state index in [9.17, 15) is 0 Å². The minimum atomic E-state index is 0.0693. The van der Waals surface area contributed by atoms with Gasteiger partial charge in [-0.1, -0.05) is 46.3 Å². The predicted octanol–water partition coefficient (Wildman–Crippen LogP) is 1.66. The zero-order valence-corrected chi connectivity index (χ0v) is 14.0. The highest BCUT2D eigenvalue weighted by atomic mass is 79.9. The first-order valence-electron chi connectivity index (χ1n) is 7.06. The number of benzene rings is 2. The molecule has 0 spiro atoms. The topological polar surface area (TPSA) is 48.0 Å². The van der Waals surface area contributed by atoms with Gasteiger partial charge in [-0.25, -0.2) is 0 Å². The molecule has 6 heteroatoms. The van der Waals surface area contributed by atoms with E-state index in [0.717, 1.165) is 16.0 Å². The minimum absolute atomic E-state index is 0.0693. The number of hydrogen-bond donors (Lipinski definition) is 1. The standard InChI is InChI=1S/C16H16BrN5/c1-21(2)15(12-6-4-3-5-7-12)16-18-19-20-22(16)14-10-8-13(17)9-11-14/h3-11,15H,1-2H3/p+1/t15-/m0/s1. The quantitative estimate of drug-likeness (QED) is 0.771. The zero-order chi connectivity index (χ0) is 15.5. The van der Waals surface area contributed by atoms with Crippen molar-refractivity contribution >= 4 is 15.9 Å². The number of tetrazole rings is 1. The van der Waals surface area contributed by atoms with Gasteiger partial charge in [0.05, 0.1) is 19.8 Å². The number of hydrogen-bond acceptors (Lipinski definition) is 3. The molecule has 112 valence electrons. The fourth-order valence-electron chi connectivity index (χ4n) is 2.53. The van der Waals surface area contributed by atoms with Gasteiger partial charge in [0.15, 0.2) is 6.04 Å². The van der Waals surface area contributed by atoms with E-state index in [1.165, 1.54) is 10.5 Å². The Morgan fingerprint density at radius 1 is 1.00 bits per heavy atom. The van der Waals surface area contributed by atoms with Crippen LogP contribution in [0, 0.1) is 0 Å². The predicted molar refractivity (Wildman–Crippen MR) is 87.9 cm³/mol. The SMILES string of the molecule is C[NH+](C)[C@@H](c1ccccc1)c1nnnn1-c1ccc(Br)cc1. The van der Waals surface area contributed by atoms with Crippen LogP contribution in [0.3, 0.4) is 0 Å². The highest BCUT2D eigenvalue weighted by Crippen LogP contribution is 2.20. The number of aromatic nitrogens is 4. The molecule has 0 aliphatic carbocycles. The lowest BCUT2D eigenvalue weighted by Gasteiger charge is -2.20. The van der Waals surface area contributed by atoms with E-state index in [-0.39, 0.29) is 6.04 Å². The van der Waals surface area contributed by atoms with Crippen LogP contribution in [0.5, 0.6) is 0 Å². The van der Waals surface area contributed by atoms with Crippen molar-refractivity contribution < 1.29 is 4.90 Å². The molecular weight excluding hydrogens is 342 g/mol. The van der Waals surface area contributed by atoms with Crippen LogP contribution in [0.15, 0.2) is 59.1 Å². The van der Waals surface area contributed by atoms with E-state index in [2.05, 4.69) is 57.7 Å². The molecule has 3 rings (SSSR count). The molecule has 3 aromatic rings. The van der Waals surface area contributed by atoms with Gasteiger partial charge in [-0.2, -0.15) is 4.68 Å². The van der Waals surface area contributed by atoms with E-state index < -0.39 is 0 Å². The van der Waals surface area contributed by atoms with E-state index >= 15 is 0 Å². The first-order valence-corrected chi connectivity index (χ1v) is 7.85. The Labute approximate surface area is 137 Å². The Bertz CT molecular complexity index is 737. The molecule has 1 atom stereocenters. The smallest absolute Gasteiger partial charge is 0.218 e. The maximum absolute atomic E-state index is 4.28. The van der Waals surface area contributed by atoms with Gasteiger partial charge in [0.1, 0.15) is 0 Å². The van der Waals surface area contributed by atoms with Crippen molar-refractivity contribution in [3.05, 3.63) is 70.5 Å². The number of rotatable bonds is 4. The molecule has 22 heavy (non-hydrogen) atoms. The molecule has 0 fully saturated rings. The van der Waals surface area contributed by atoms with E-state index in [1.54, 1.807) is 4.68 Å². The Morgan fingerprint density at radius 2 is 1.68 bits per heavy atom. The molecule has 1 N–H and O–H groups in total. The molecular formula is C16H17BrN5+. The Morgan fingerprint density at radius 3 is 2.32 bits per heavy atom. The van der Waals surface area contributed by atoms with Crippen LogP contribution in [-0.4, -0.2) is 34.3 Å². The average molecular weight is 359 g/mol. The second kappa shape index (κ2) is 6.37. The Kier molecular flexibility index (Phi) is 4.31. The summed E-state index contributed by atoms with van der Waals surface area (Å²) in [6.07, 6.45) is 0. The lowest BCUT2D eigenvalue weighted by Crippen LogP contribution is -3.06. The Balaban J connectivity index is 2.07. The fraction of sp³-hybridized carbons (Fsp3) is 0.188. The molecule has 0 unspecified atom stereocenters. The van der Waals surface area contributed by atoms with Crippen molar-refractivity contribution in [2.45, 2.75) is 6.04 Å². The van der Waals surface area contributed by atoms with Gasteiger partial charge in [-0.3, -0.25) is 0 Å². The molecule has 1 heterocycles. The molecule has 5 nitrogen and oxygen atoms in total. The monoisotopic (exact) mass is 358 g/mol. The van der Waals surface area contributed by atoms with Gasteiger partial charge >= 0.3 is 0 Å². The molecule has 0 saturated carbocycles. The number of halogens is 1. The van der Waals surface area contributed by atoms with Crippen LogP contribution in [-0.2, 0) is 0 Å². The van der Waals surface area contributed by atoms with Gasteiger partial charge < -0.3 is 4.90 Å². The summed E-state index contributed by atoms with van der Waals surface area (Å²) < 4.78 is 2.83. The number of nitrogens with one attached hydrogen (secondary N) is 1. The maximum atomic E-state index is 4.28. The average Bonchev–Trinajstić information content (AvgIpc) is 2.98. The molecule has 0 aliphatic heterocycles. The largest absolute Gasteiger partial charge is 0.327 e. The van der Waals surface area contributed by atoms with E-state index in [0.29, 0.717) is 0 Å². The summed E-state index contributed by atoms with van der Waals surface area (Å²) in [5.74, 6) is 0.827. The molecule has 0 amide bonds. The Hall–Kier alpha value is -2.05. The summed E-state index contributed by atoms with van der Waals surface area (Å²) in [6.45, 7) is 0. The second-order valence-corrected chi connectivity index (χ2v) is 6.26. The molecule has 0 aliphatic rings. The van der Waals surface area contributed by atoms with Crippen LogP contribution in [0.25, 0.3) is 5.69 Å². The highest BCUT2D eigenvalue weighted by Gasteiger charge is 2.27. The first-order chi connectivity index (χ1) is 10.7. The van der Waals surface area contributed by atoms with Gasteiger partial charge in [0.25, 0.3) is 0 Å². The third-order valence-corrected chi connectivity index (χ3v) is 4.06. The van der Waals surface area contributed by atoms with Crippen molar-refractivity contribution in [1.82, 2.24) is 20.2 Å². The van der Waals surface area contributed by atoms with Crippen LogP contribution in [0.1, 0.15) is 17.4 Å². The van der Waals surface area contributed by atoms with E-state index in [1.807, 2.05) is 42.5 Å².